The van der Waals surface area contributed by atoms with Crippen molar-refractivity contribution in [2.24, 2.45) is 17.6 Å². The molecular formula is C12H14Br2N2OS. The van der Waals surface area contributed by atoms with Gasteiger partial charge in [-0.25, -0.2) is 0 Å². The molecule has 6 heteroatoms. The van der Waals surface area contributed by atoms with Crippen molar-refractivity contribution in [2.75, 3.05) is 5.32 Å². The summed E-state index contributed by atoms with van der Waals surface area (Å²) in [5.41, 5.74) is 6.30. The zero-order chi connectivity index (χ0) is 13.9. The number of thiocarbonyl (C=S) groups is 1. The highest BCUT2D eigenvalue weighted by Gasteiger charge is 2.25. The first-order valence-corrected chi connectivity index (χ1v) is 7.38. The van der Waals surface area contributed by atoms with Crippen molar-refractivity contribution in [3.05, 3.63) is 27.1 Å². The molecule has 0 saturated heterocycles. The summed E-state index contributed by atoms with van der Waals surface area (Å²) in [6.07, 6.45) is 0. The maximum atomic E-state index is 12.2. The number of halogens is 2. The van der Waals surface area contributed by atoms with Crippen LogP contribution in [0.15, 0.2) is 27.1 Å². The lowest BCUT2D eigenvalue weighted by Gasteiger charge is -2.19. The van der Waals surface area contributed by atoms with Crippen LogP contribution in [0, 0.1) is 11.8 Å². The van der Waals surface area contributed by atoms with Gasteiger partial charge in [-0.3, -0.25) is 4.79 Å². The second-order valence-electron chi connectivity index (χ2n) is 4.21. The summed E-state index contributed by atoms with van der Waals surface area (Å²) < 4.78 is 1.60. The zero-order valence-corrected chi connectivity index (χ0v) is 14.0. The highest BCUT2D eigenvalue weighted by Crippen LogP contribution is 2.31. The SMILES string of the molecule is CC(C)C(C(=O)Nc1c(Br)cccc1Br)C(N)=S. The number of benzene rings is 1. The normalized spacial score (nSPS) is 12.3. The third-order valence-electron chi connectivity index (χ3n) is 2.47. The van der Waals surface area contributed by atoms with E-state index in [1.807, 2.05) is 32.0 Å². The lowest BCUT2D eigenvalue weighted by molar-refractivity contribution is -0.118. The first kappa shape index (κ1) is 15.6. The van der Waals surface area contributed by atoms with Crippen LogP contribution in [0.3, 0.4) is 0 Å². The number of nitrogens with two attached hydrogens (primary N) is 1. The third-order valence-corrected chi connectivity index (χ3v) is 4.04. The van der Waals surface area contributed by atoms with Gasteiger partial charge in [0.2, 0.25) is 5.91 Å². The van der Waals surface area contributed by atoms with Crippen LogP contribution in [-0.2, 0) is 4.79 Å². The van der Waals surface area contributed by atoms with Crippen LogP contribution in [0.4, 0.5) is 5.69 Å². The second kappa shape index (κ2) is 6.63. The van der Waals surface area contributed by atoms with Gasteiger partial charge in [-0.2, -0.15) is 0 Å². The molecule has 0 radical (unpaired) electrons. The summed E-state index contributed by atoms with van der Waals surface area (Å²) in [7, 11) is 0. The van der Waals surface area contributed by atoms with E-state index in [-0.39, 0.29) is 16.8 Å². The summed E-state index contributed by atoms with van der Waals surface area (Å²) in [4.78, 5) is 12.4. The molecule has 0 aliphatic carbocycles. The fraction of sp³-hybridized carbons (Fsp3) is 0.333. The fourth-order valence-electron chi connectivity index (χ4n) is 1.58. The predicted molar refractivity (Wildman–Crippen MR) is 85.6 cm³/mol. The van der Waals surface area contributed by atoms with Gasteiger partial charge >= 0.3 is 0 Å². The zero-order valence-electron chi connectivity index (χ0n) is 10.0. The van der Waals surface area contributed by atoms with Crippen LogP contribution in [0.1, 0.15) is 13.8 Å². The van der Waals surface area contributed by atoms with E-state index in [0.29, 0.717) is 5.69 Å². The van der Waals surface area contributed by atoms with Gasteiger partial charge in [0.05, 0.1) is 16.6 Å². The molecule has 1 unspecified atom stereocenters. The van der Waals surface area contributed by atoms with Crippen molar-refractivity contribution in [2.45, 2.75) is 13.8 Å². The van der Waals surface area contributed by atoms with Gasteiger partial charge in [0, 0.05) is 8.95 Å². The Morgan fingerprint density at radius 1 is 1.33 bits per heavy atom. The van der Waals surface area contributed by atoms with E-state index >= 15 is 0 Å². The lowest BCUT2D eigenvalue weighted by Crippen LogP contribution is -2.36. The van der Waals surface area contributed by atoms with E-state index in [2.05, 4.69) is 37.2 Å². The van der Waals surface area contributed by atoms with Crippen molar-refractivity contribution in [1.29, 1.82) is 0 Å². The van der Waals surface area contributed by atoms with E-state index in [1.54, 1.807) is 0 Å². The number of nitrogens with one attached hydrogen (secondary N) is 1. The van der Waals surface area contributed by atoms with Crippen molar-refractivity contribution in [3.8, 4) is 0 Å². The van der Waals surface area contributed by atoms with Crippen LogP contribution >= 0.6 is 44.1 Å². The Morgan fingerprint density at radius 3 is 2.22 bits per heavy atom. The van der Waals surface area contributed by atoms with E-state index in [1.165, 1.54) is 0 Å². The molecule has 3 N–H and O–H groups in total. The van der Waals surface area contributed by atoms with Gasteiger partial charge < -0.3 is 11.1 Å². The largest absolute Gasteiger partial charge is 0.393 e. The summed E-state index contributed by atoms with van der Waals surface area (Å²) in [6, 6.07) is 5.58. The van der Waals surface area contributed by atoms with E-state index in [9.17, 15) is 4.79 Å². The second-order valence-corrected chi connectivity index (χ2v) is 6.39. The maximum Gasteiger partial charge on any atom is 0.234 e. The summed E-state index contributed by atoms with van der Waals surface area (Å²) in [6.45, 7) is 3.83. The minimum atomic E-state index is -0.473. The molecule has 1 atom stereocenters. The van der Waals surface area contributed by atoms with E-state index in [0.717, 1.165) is 8.95 Å². The molecule has 1 amide bonds. The van der Waals surface area contributed by atoms with Crippen molar-refractivity contribution in [3.63, 3.8) is 0 Å². The Morgan fingerprint density at radius 2 is 1.83 bits per heavy atom. The first-order chi connectivity index (χ1) is 8.34. The predicted octanol–water partition coefficient (Wildman–Crippen LogP) is 3.71. The highest BCUT2D eigenvalue weighted by molar-refractivity contribution is 9.11. The number of hydrogen-bond acceptors (Lipinski definition) is 2. The standard InChI is InChI=1S/C12H14Br2N2OS/c1-6(2)9(11(15)18)12(17)16-10-7(13)4-3-5-8(10)14/h3-6,9H,1-2H3,(H2,15,18)(H,16,17). The number of para-hydroxylation sites is 1. The fourth-order valence-corrected chi connectivity index (χ4v) is 3.15. The third kappa shape index (κ3) is 3.76. The average molecular weight is 394 g/mol. The Bertz CT molecular complexity index is 457. The van der Waals surface area contributed by atoms with Crippen LogP contribution in [0.2, 0.25) is 0 Å². The Labute approximate surface area is 129 Å². The molecule has 0 saturated carbocycles. The van der Waals surface area contributed by atoms with Crippen LogP contribution < -0.4 is 11.1 Å². The van der Waals surface area contributed by atoms with Gasteiger partial charge in [-0.05, 0) is 49.9 Å². The molecule has 0 aromatic heterocycles. The molecule has 0 bridgehead atoms. The van der Waals surface area contributed by atoms with Crippen molar-refractivity contribution < 1.29 is 4.79 Å². The van der Waals surface area contributed by atoms with Gasteiger partial charge in [0.15, 0.2) is 0 Å². The molecular weight excluding hydrogens is 380 g/mol. The molecule has 3 nitrogen and oxygen atoms in total. The molecule has 18 heavy (non-hydrogen) atoms. The maximum absolute atomic E-state index is 12.2. The Hall–Kier alpha value is -0.460. The lowest BCUT2D eigenvalue weighted by atomic mass is 9.95. The van der Waals surface area contributed by atoms with Crippen LogP contribution in [0.25, 0.3) is 0 Å². The Kier molecular flexibility index (Phi) is 5.75. The number of amides is 1. The molecule has 0 aliphatic rings. The molecule has 1 rings (SSSR count). The quantitative estimate of drug-likeness (QED) is 0.766. The molecule has 1 aromatic rings. The topological polar surface area (TPSA) is 55.1 Å². The van der Waals surface area contributed by atoms with Crippen LogP contribution in [-0.4, -0.2) is 10.9 Å². The smallest absolute Gasteiger partial charge is 0.234 e. The minimum absolute atomic E-state index is 0.0590. The number of hydrogen-bond donors (Lipinski definition) is 2. The first-order valence-electron chi connectivity index (χ1n) is 5.38. The Balaban J connectivity index is 2.97. The van der Waals surface area contributed by atoms with Crippen LogP contribution in [0.5, 0.6) is 0 Å². The highest BCUT2D eigenvalue weighted by atomic mass is 79.9. The average Bonchev–Trinajstić information content (AvgIpc) is 2.22. The summed E-state index contributed by atoms with van der Waals surface area (Å²) in [5.74, 6) is -0.604. The van der Waals surface area contributed by atoms with Gasteiger partial charge in [0.1, 0.15) is 0 Å². The van der Waals surface area contributed by atoms with Gasteiger partial charge in [-0.15, -0.1) is 0 Å². The number of anilines is 1. The minimum Gasteiger partial charge on any atom is -0.393 e. The summed E-state index contributed by atoms with van der Waals surface area (Å²) >= 11 is 11.7. The van der Waals surface area contributed by atoms with E-state index in [4.69, 9.17) is 18.0 Å². The number of rotatable bonds is 4. The van der Waals surface area contributed by atoms with Gasteiger partial charge in [-0.1, -0.05) is 32.1 Å². The molecule has 0 spiro atoms. The molecule has 98 valence electrons. The number of carbonyl (C=O) groups is 1. The number of carbonyl (C=O) groups excluding carboxylic acids is 1. The van der Waals surface area contributed by atoms with Crippen molar-refractivity contribution >= 4 is 60.7 Å². The van der Waals surface area contributed by atoms with Crippen molar-refractivity contribution in [1.82, 2.24) is 0 Å². The van der Waals surface area contributed by atoms with Gasteiger partial charge in [0.25, 0.3) is 0 Å². The molecule has 0 heterocycles. The van der Waals surface area contributed by atoms with E-state index < -0.39 is 5.92 Å². The monoisotopic (exact) mass is 392 g/mol. The molecule has 1 aromatic carbocycles. The molecule has 0 fully saturated rings. The summed E-state index contributed by atoms with van der Waals surface area (Å²) in [5, 5.41) is 2.84. The molecule has 0 aliphatic heterocycles.